The van der Waals surface area contributed by atoms with Crippen molar-refractivity contribution in [2.45, 2.75) is 5.16 Å². The minimum Gasteiger partial charge on any atom is -0.493 e. The third-order valence-corrected chi connectivity index (χ3v) is 7.40. The molecule has 3 aromatic heterocycles. The Morgan fingerprint density at radius 3 is 2.67 bits per heavy atom. The number of hydrogen-bond acceptors (Lipinski definition) is 8. The summed E-state index contributed by atoms with van der Waals surface area (Å²) in [4.78, 5) is 32.1. The molecule has 0 N–H and O–H groups in total. The first kappa shape index (κ1) is 20.6. The highest BCUT2D eigenvalue weighted by Gasteiger charge is 2.18. The fourth-order valence-electron chi connectivity index (χ4n) is 3.02. The van der Waals surface area contributed by atoms with Crippen molar-refractivity contribution in [2.24, 2.45) is 7.05 Å². The molecule has 9 heteroatoms. The summed E-state index contributed by atoms with van der Waals surface area (Å²) >= 11 is 4.28. The van der Waals surface area contributed by atoms with E-state index in [1.807, 2.05) is 22.9 Å². The van der Waals surface area contributed by atoms with Crippen LogP contribution in [0.4, 0.5) is 0 Å². The summed E-state index contributed by atoms with van der Waals surface area (Å²) in [5.41, 5.74) is 1.32. The number of nitrogens with zero attached hydrogens (tertiary/aromatic N) is 2. The molecule has 0 amide bonds. The zero-order chi connectivity index (χ0) is 21.3. The minimum absolute atomic E-state index is 0.0826. The monoisotopic (exact) mass is 458 g/mol. The zero-order valence-corrected chi connectivity index (χ0v) is 19.0. The number of carbonyl (C=O) groups is 1. The van der Waals surface area contributed by atoms with Gasteiger partial charge in [-0.25, -0.2) is 4.98 Å². The van der Waals surface area contributed by atoms with Gasteiger partial charge in [-0.3, -0.25) is 14.2 Å². The number of fused-ring (bicyclic) bond motifs is 1. The van der Waals surface area contributed by atoms with Crippen LogP contribution in [0.25, 0.3) is 20.7 Å². The van der Waals surface area contributed by atoms with Gasteiger partial charge in [0.05, 0.1) is 25.4 Å². The maximum atomic E-state index is 13.0. The lowest BCUT2D eigenvalue weighted by Crippen LogP contribution is -2.20. The van der Waals surface area contributed by atoms with Crippen LogP contribution in [-0.4, -0.2) is 35.3 Å². The molecule has 0 saturated heterocycles. The smallest absolute Gasteiger partial charge is 0.263 e. The molecule has 0 aliphatic rings. The van der Waals surface area contributed by atoms with Gasteiger partial charge in [-0.05, 0) is 29.6 Å². The van der Waals surface area contributed by atoms with Crippen LogP contribution in [0.1, 0.15) is 10.4 Å². The maximum Gasteiger partial charge on any atom is 0.263 e. The van der Waals surface area contributed by atoms with Crippen LogP contribution in [-0.2, 0) is 7.05 Å². The first-order valence-corrected chi connectivity index (χ1v) is 11.7. The highest BCUT2D eigenvalue weighted by Crippen LogP contribution is 2.34. The molecule has 0 aliphatic heterocycles. The highest BCUT2D eigenvalue weighted by molar-refractivity contribution is 7.99. The molecule has 0 bridgehead atoms. The Morgan fingerprint density at radius 2 is 1.97 bits per heavy atom. The van der Waals surface area contributed by atoms with Crippen LogP contribution in [0.15, 0.2) is 51.0 Å². The Labute approximate surface area is 185 Å². The summed E-state index contributed by atoms with van der Waals surface area (Å²) in [6.07, 6.45) is 0. The third-order valence-electron chi connectivity index (χ3n) is 4.60. The van der Waals surface area contributed by atoms with Crippen LogP contribution in [0.5, 0.6) is 11.5 Å². The molecular weight excluding hydrogens is 440 g/mol. The normalized spacial score (nSPS) is 11.0. The Hall–Kier alpha value is -2.62. The summed E-state index contributed by atoms with van der Waals surface area (Å²) in [6.45, 7) is 0. The van der Waals surface area contributed by atoms with Crippen LogP contribution < -0.4 is 15.0 Å². The lowest BCUT2D eigenvalue weighted by Gasteiger charge is -2.10. The van der Waals surface area contributed by atoms with Crippen molar-refractivity contribution in [3.8, 4) is 21.9 Å². The molecule has 3 heterocycles. The Bertz CT molecular complexity index is 1280. The second-order valence-electron chi connectivity index (χ2n) is 6.35. The number of benzene rings is 1. The van der Waals surface area contributed by atoms with Gasteiger partial charge in [0.2, 0.25) is 0 Å². The predicted octanol–water partition coefficient (Wildman–Crippen LogP) is 4.72. The van der Waals surface area contributed by atoms with Gasteiger partial charge in [0.25, 0.3) is 5.56 Å². The van der Waals surface area contributed by atoms with E-state index < -0.39 is 0 Å². The van der Waals surface area contributed by atoms with E-state index in [2.05, 4.69) is 4.98 Å². The molecule has 0 radical (unpaired) electrons. The highest BCUT2D eigenvalue weighted by atomic mass is 32.2. The standard InChI is InChI=1S/C21H18N2O4S3/c1-23-20(25)18-13(17-5-4-8-28-17)10-29-19(18)22-21(23)30-11-14(24)12-6-7-15(26-2)16(9-12)27-3/h4-10H,11H2,1-3H3. The summed E-state index contributed by atoms with van der Waals surface area (Å²) in [5, 5.41) is 5.09. The molecule has 1 aromatic carbocycles. The van der Waals surface area contributed by atoms with E-state index >= 15 is 0 Å². The molecule has 4 aromatic rings. The number of Topliss-reactive ketones (excluding diaryl/α,β-unsaturated/α-hetero) is 1. The largest absolute Gasteiger partial charge is 0.493 e. The maximum absolute atomic E-state index is 13.0. The number of methoxy groups -OCH3 is 2. The van der Waals surface area contributed by atoms with Crippen molar-refractivity contribution >= 4 is 50.4 Å². The van der Waals surface area contributed by atoms with Crippen molar-refractivity contribution < 1.29 is 14.3 Å². The molecule has 0 saturated carbocycles. The van der Waals surface area contributed by atoms with Gasteiger partial charge in [-0.15, -0.1) is 22.7 Å². The van der Waals surface area contributed by atoms with Crippen LogP contribution in [0, 0.1) is 0 Å². The summed E-state index contributed by atoms with van der Waals surface area (Å²) < 4.78 is 12.0. The number of thiophene rings is 2. The number of thioether (sulfide) groups is 1. The van der Waals surface area contributed by atoms with E-state index in [1.165, 1.54) is 34.8 Å². The number of ketones is 1. The average Bonchev–Trinajstić information content (AvgIpc) is 3.44. The Morgan fingerprint density at radius 1 is 1.17 bits per heavy atom. The third kappa shape index (κ3) is 3.76. The average molecular weight is 459 g/mol. The van der Waals surface area contributed by atoms with Gasteiger partial charge in [0.15, 0.2) is 22.4 Å². The molecular formula is C21H18N2O4S3. The van der Waals surface area contributed by atoms with E-state index in [-0.39, 0.29) is 17.1 Å². The first-order valence-electron chi connectivity index (χ1n) is 8.93. The Balaban J connectivity index is 1.60. The zero-order valence-electron chi connectivity index (χ0n) is 16.5. The quantitative estimate of drug-likeness (QED) is 0.227. The van der Waals surface area contributed by atoms with Crippen molar-refractivity contribution in [1.29, 1.82) is 0 Å². The molecule has 0 aliphatic carbocycles. The second kappa shape index (κ2) is 8.63. The van der Waals surface area contributed by atoms with Gasteiger partial charge in [0.1, 0.15) is 4.83 Å². The summed E-state index contributed by atoms with van der Waals surface area (Å²) in [7, 11) is 4.76. The molecule has 154 valence electrons. The number of aromatic nitrogens is 2. The Kier molecular flexibility index (Phi) is 5.94. The van der Waals surface area contributed by atoms with Crippen LogP contribution >= 0.6 is 34.4 Å². The fraction of sp³-hybridized carbons (Fsp3) is 0.190. The predicted molar refractivity (Wildman–Crippen MR) is 123 cm³/mol. The summed E-state index contributed by atoms with van der Waals surface area (Å²) in [5.74, 6) is 1.14. The number of hydrogen-bond donors (Lipinski definition) is 0. The van der Waals surface area contributed by atoms with E-state index in [0.29, 0.717) is 32.4 Å². The van der Waals surface area contributed by atoms with Crippen molar-refractivity contribution in [2.75, 3.05) is 20.0 Å². The van der Waals surface area contributed by atoms with E-state index in [9.17, 15) is 9.59 Å². The molecule has 30 heavy (non-hydrogen) atoms. The van der Waals surface area contributed by atoms with E-state index in [0.717, 1.165) is 10.4 Å². The number of rotatable bonds is 7. The molecule has 0 fully saturated rings. The summed E-state index contributed by atoms with van der Waals surface area (Å²) in [6, 6.07) is 9.02. The van der Waals surface area contributed by atoms with Gasteiger partial charge >= 0.3 is 0 Å². The number of carbonyl (C=O) groups excluding carboxylic acids is 1. The van der Waals surface area contributed by atoms with E-state index in [4.69, 9.17) is 9.47 Å². The molecule has 6 nitrogen and oxygen atoms in total. The molecule has 0 unspecified atom stereocenters. The van der Waals surface area contributed by atoms with Crippen molar-refractivity contribution in [1.82, 2.24) is 9.55 Å². The van der Waals surface area contributed by atoms with Gasteiger partial charge in [-0.2, -0.15) is 0 Å². The SMILES string of the molecule is COc1ccc(C(=O)CSc2nc3scc(-c4cccs4)c3c(=O)n2C)cc1OC. The minimum atomic E-state index is -0.106. The van der Waals surface area contributed by atoms with E-state index in [1.54, 1.807) is 43.7 Å². The topological polar surface area (TPSA) is 70.4 Å². The number of ether oxygens (including phenoxy) is 2. The first-order chi connectivity index (χ1) is 14.5. The molecule has 0 spiro atoms. The van der Waals surface area contributed by atoms with Gasteiger partial charge < -0.3 is 9.47 Å². The van der Waals surface area contributed by atoms with Crippen molar-refractivity contribution in [3.63, 3.8) is 0 Å². The lowest BCUT2D eigenvalue weighted by atomic mass is 10.1. The second-order valence-corrected chi connectivity index (χ2v) is 9.10. The van der Waals surface area contributed by atoms with Gasteiger partial charge in [-0.1, -0.05) is 17.8 Å². The van der Waals surface area contributed by atoms with Gasteiger partial charge in [0, 0.05) is 28.4 Å². The fourth-order valence-corrected chi connectivity index (χ4v) is 5.69. The van der Waals surface area contributed by atoms with Crippen LogP contribution in [0.3, 0.4) is 0 Å². The van der Waals surface area contributed by atoms with Crippen molar-refractivity contribution in [3.05, 3.63) is 57.0 Å². The lowest BCUT2D eigenvalue weighted by molar-refractivity contribution is 0.102. The van der Waals surface area contributed by atoms with Crippen LogP contribution in [0.2, 0.25) is 0 Å². The molecule has 4 rings (SSSR count). The molecule has 0 atom stereocenters.